The van der Waals surface area contributed by atoms with E-state index in [9.17, 15) is 18.0 Å². The monoisotopic (exact) mass is 420 g/mol. The lowest BCUT2D eigenvalue weighted by Crippen LogP contribution is -2.35. The molecule has 10 heteroatoms. The van der Waals surface area contributed by atoms with Crippen molar-refractivity contribution < 1.29 is 27.1 Å². The molecule has 2 N–H and O–H groups in total. The van der Waals surface area contributed by atoms with Crippen LogP contribution in [0.5, 0.6) is 5.75 Å². The number of hydrogen-bond acceptors (Lipinski definition) is 5. The Balaban J connectivity index is 1.52. The van der Waals surface area contributed by atoms with Gasteiger partial charge in [0.15, 0.2) is 11.7 Å². The molecular weight excluding hydrogens is 401 g/mol. The lowest BCUT2D eigenvalue weighted by molar-refractivity contribution is -0.174. The second-order valence-electron chi connectivity index (χ2n) is 6.90. The van der Waals surface area contributed by atoms with Crippen LogP contribution < -0.4 is 15.4 Å². The predicted molar refractivity (Wildman–Crippen MR) is 101 cm³/mol. The average molecular weight is 420 g/mol. The molecule has 0 aliphatic carbocycles. The molecule has 1 aliphatic heterocycles. The van der Waals surface area contributed by atoms with Gasteiger partial charge >= 0.3 is 6.18 Å². The third kappa shape index (κ3) is 3.98. The van der Waals surface area contributed by atoms with Crippen LogP contribution in [0.2, 0.25) is 0 Å². The minimum atomic E-state index is -4.52. The maximum absolute atomic E-state index is 13.6. The molecule has 0 bridgehead atoms. The molecular formula is C20H19F3N4O3. The molecule has 0 saturated heterocycles. The van der Waals surface area contributed by atoms with Crippen LogP contribution >= 0.6 is 0 Å². The molecule has 1 aliphatic rings. The van der Waals surface area contributed by atoms with Crippen molar-refractivity contribution in [1.29, 1.82) is 0 Å². The number of halogens is 3. The van der Waals surface area contributed by atoms with E-state index < -0.39 is 24.2 Å². The Hall–Kier alpha value is -3.43. The minimum absolute atomic E-state index is 0.0969. The van der Waals surface area contributed by atoms with E-state index in [-0.39, 0.29) is 24.5 Å². The summed E-state index contributed by atoms with van der Waals surface area (Å²) in [6.45, 7) is 0.205. The topological polar surface area (TPSA) is 81.3 Å². The van der Waals surface area contributed by atoms with Crippen molar-refractivity contribution in [2.75, 3.05) is 12.4 Å². The Labute approximate surface area is 169 Å². The number of furan rings is 1. The van der Waals surface area contributed by atoms with E-state index in [1.54, 1.807) is 43.5 Å². The van der Waals surface area contributed by atoms with E-state index in [1.807, 2.05) is 0 Å². The number of nitrogens with one attached hydrogen (secondary N) is 2. The fourth-order valence-electron chi connectivity index (χ4n) is 3.38. The van der Waals surface area contributed by atoms with Gasteiger partial charge in [-0.25, -0.2) is 4.68 Å². The Morgan fingerprint density at radius 3 is 2.73 bits per heavy atom. The average Bonchev–Trinajstić information content (AvgIpc) is 3.40. The van der Waals surface area contributed by atoms with E-state index in [0.29, 0.717) is 11.5 Å². The van der Waals surface area contributed by atoms with Gasteiger partial charge in [-0.15, -0.1) is 0 Å². The predicted octanol–water partition coefficient (Wildman–Crippen LogP) is 4.08. The van der Waals surface area contributed by atoms with Crippen LogP contribution in [0.4, 0.5) is 19.0 Å². The molecule has 0 spiro atoms. The SMILES string of the molecule is COc1ccc(CNC(=O)c2cc3n(n2)[C@H](C(F)(F)F)C[C@H](c2ccco2)N3)cc1. The Morgan fingerprint density at radius 1 is 1.33 bits per heavy atom. The first-order valence-corrected chi connectivity index (χ1v) is 9.22. The highest BCUT2D eigenvalue weighted by molar-refractivity contribution is 5.93. The number of alkyl halides is 3. The number of anilines is 1. The lowest BCUT2D eigenvalue weighted by atomic mass is 10.0. The molecule has 1 amide bonds. The zero-order chi connectivity index (χ0) is 21.3. The zero-order valence-corrected chi connectivity index (χ0v) is 15.9. The standard InChI is InChI=1S/C20H19F3N4O3/c1-29-13-6-4-12(5-7-13)11-24-19(28)15-10-18-25-14(16-3-2-8-30-16)9-17(20(21,22)23)27(18)26-15/h2-8,10,14,17,25H,9,11H2,1H3,(H,24,28)/t14-,17+/m1/s1. The van der Waals surface area contributed by atoms with Crippen molar-refractivity contribution in [3.8, 4) is 5.75 Å². The molecule has 30 heavy (non-hydrogen) atoms. The third-order valence-corrected chi connectivity index (χ3v) is 4.92. The van der Waals surface area contributed by atoms with Gasteiger partial charge in [0, 0.05) is 19.0 Å². The number of methoxy groups -OCH3 is 1. The number of benzene rings is 1. The van der Waals surface area contributed by atoms with Crippen molar-refractivity contribution in [3.05, 3.63) is 65.7 Å². The Bertz CT molecular complexity index is 1010. The summed E-state index contributed by atoms with van der Waals surface area (Å²) >= 11 is 0. The second-order valence-corrected chi connectivity index (χ2v) is 6.90. The van der Waals surface area contributed by atoms with Gasteiger partial charge in [0.1, 0.15) is 17.3 Å². The summed E-state index contributed by atoms with van der Waals surface area (Å²) in [6, 6.07) is 9.07. The van der Waals surface area contributed by atoms with E-state index in [0.717, 1.165) is 10.2 Å². The molecule has 3 heterocycles. The Kier molecular flexibility index (Phi) is 5.15. The number of carbonyl (C=O) groups excluding carboxylic acids is 1. The summed E-state index contributed by atoms with van der Waals surface area (Å²) in [6.07, 6.45) is -3.41. The van der Waals surface area contributed by atoms with Crippen LogP contribution in [0.15, 0.2) is 53.1 Å². The van der Waals surface area contributed by atoms with Gasteiger partial charge in [-0.3, -0.25) is 4.79 Å². The number of nitrogens with zero attached hydrogens (tertiary/aromatic N) is 2. The fourth-order valence-corrected chi connectivity index (χ4v) is 3.38. The van der Waals surface area contributed by atoms with E-state index in [4.69, 9.17) is 9.15 Å². The van der Waals surface area contributed by atoms with Crippen molar-refractivity contribution >= 4 is 11.7 Å². The molecule has 0 radical (unpaired) electrons. The normalized spacial score (nSPS) is 18.4. The number of fused-ring (bicyclic) bond motifs is 1. The van der Waals surface area contributed by atoms with Gasteiger partial charge in [-0.05, 0) is 29.8 Å². The third-order valence-electron chi connectivity index (χ3n) is 4.92. The number of ether oxygens (including phenoxy) is 1. The highest BCUT2D eigenvalue weighted by Gasteiger charge is 2.47. The van der Waals surface area contributed by atoms with Crippen molar-refractivity contribution in [3.63, 3.8) is 0 Å². The van der Waals surface area contributed by atoms with E-state index in [1.165, 1.54) is 12.3 Å². The maximum atomic E-state index is 13.6. The molecule has 2 aromatic heterocycles. The molecule has 0 unspecified atom stereocenters. The lowest BCUT2D eigenvalue weighted by Gasteiger charge is -2.32. The van der Waals surface area contributed by atoms with Gasteiger partial charge < -0.3 is 19.8 Å². The first-order valence-electron chi connectivity index (χ1n) is 9.22. The fraction of sp³-hybridized carbons (Fsp3) is 0.300. The summed E-state index contributed by atoms with van der Waals surface area (Å²) < 4.78 is 52.1. The first kappa shape index (κ1) is 19.9. The van der Waals surface area contributed by atoms with Crippen molar-refractivity contribution in [2.24, 2.45) is 0 Å². The number of carbonyl (C=O) groups is 1. The molecule has 0 fully saturated rings. The van der Waals surface area contributed by atoms with E-state index >= 15 is 0 Å². The molecule has 2 atom stereocenters. The molecule has 158 valence electrons. The van der Waals surface area contributed by atoms with Gasteiger partial charge in [0.05, 0.1) is 19.4 Å². The van der Waals surface area contributed by atoms with Crippen LogP contribution in [0, 0.1) is 0 Å². The largest absolute Gasteiger partial charge is 0.497 e. The first-order chi connectivity index (χ1) is 14.3. The quantitative estimate of drug-likeness (QED) is 0.650. The smallest absolute Gasteiger partial charge is 0.410 e. The van der Waals surface area contributed by atoms with Crippen molar-refractivity contribution in [1.82, 2.24) is 15.1 Å². The molecule has 1 aromatic carbocycles. The summed E-state index contributed by atoms with van der Waals surface area (Å²) in [5.41, 5.74) is 0.720. The number of rotatable bonds is 5. The number of amides is 1. The van der Waals surface area contributed by atoms with Crippen LogP contribution in [0.1, 0.15) is 40.3 Å². The summed E-state index contributed by atoms with van der Waals surface area (Å²) in [5, 5.41) is 9.57. The van der Waals surface area contributed by atoms with Gasteiger partial charge in [-0.1, -0.05) is 12.1 Å². The molecule has 0 saturated carbocycles. The molecule has 3 aromatic rings. The highest BCUT2D eigenvalue weighted by Crippen LogP contribution is 2.43. The van der Waals surface area contributed by atoms with Gasteiger partial charge in [0.25, 0.3) is 5.91 Å². The van der Waals surface area contributed by atoms with Crippen LogP contribution in [0.25, 0.3) is 0 Å². The Morgan fingerprint density at radius 2 is 2.10 bits per heavy atom. The second kappa shape index (κ2) is 7.77. The zero-order valence-electron chi connectivity index (χ0n) is 15.9. The number of hydrogen-bond donors (Lipinski definition) is 2. The summed E-state index contributed by atoms with van der Waals surface area (Å²) in [4.78, 5) is 12.5. The number of aromatic nitrogens is 2. The van der Waals surface area contributed by atoms with E-state index in [2.05, 4.69) is 15.7 Å². The van der Waals surface area contributed by atoms with Crippen LogP contribution in [-0.2, 0) is 6.54 Å². The minimum Gasteiger partial charge on any atom is -0.497 e. The highest BCUT2D eigenvalue weighted by atomic mass is 19.4. The molecule has 7 nitrogen and oxygen atoms in total. The summed E-state index contributed by atoms with van der Waals surface area (Å²) in [7, 11) is 1.55. The maximum Gasteiger partial charge on any atom is 0.410 e. The van der Waals surface area contributed by atoms with Gasteiger partial charge in [-0.2, -0.15) is 18.3 Å². The summed E-state index contributed by atoms with van der Waals surface area (Å²) in [5.74, 6) is 0.619. The molecule has 4 rings (SSSR count). The van der Waals surface area contributed by atoms with Crippen molar-refractivity contribution in [2.45, 2.75) is 31.2 Å². The van der Waals surface area contributed by atoms with Crippen LogP contribution in [-0.4, -0.2) is 29.0 Å². The van der Waals surface area contributed by atoms with Gasteiger partial charge in [0.2, 0.25) is 0 Å². The van der Waals surface area contributed by atoms with Crippen LogP contribution in [0.3, 0.4) is 0 Å².